The summed E-state index contributed by atoms with van der Waals surface area (Å²) in [6.07, 6.45) is 2.31. The van der Waals surface area contributed by atoms with E-state index in [2.05, 4.69) is 252 Å². The predicted octanol–water partition coefficient (Wildman–Crippen LogP) is 16.7. The summed E-state index contributed by atoms with van der Waals surface area (Å²) in [6, 6.07) is 86.1. The first-order valence-electron chi connectivity index (χ1n) is 21.3. The van der Waals surface area contributed by atoms with Crippen LogP contribution in [0.4, 0.5) is 17.1 Å². The Morgan fingerprint density at radius 3 is 1.27 bits per heavy atom. The minimum Gasteiger partial charge on any atom is -0.315 e. The Labute approximate surface area is 360 Å². The zero-order valence-electron chi connectivity index (χ0n) is 34.0. The molecule has 2 heteroatoms. The fourth-order valence-electron chi connectivity index (χ4n) is 9.61. The summed E-state index contributed by atoms with van der Waals surface area (Å²) in [5, 5.41) is 8.82. The molecular formula is C60H40N2. The van der Waals surface area contributed by atoms with Crippen molar-refractivity contribution in [1.29, 1.82) is 0 Å². The van der Waals surface area contributed by atoms with Gasteiger partial charge in [0.2, 0.25) is 0 Å². The van der Waals surface area contributed by atoms with Gasteiger partial charge in [-0.25, -0.2) is 0 Å². The van der Waals surface area contributed by atoms with Gasteiger partial charge >= 0.3 is 0 Å². The number of pyridine rings is 1. The van der Waals surface area contributed by atoms with Crippen LogP contribution in [0.25, 0.3) is 93.2 Å². The highest BCUT2D eigenvalue weighted by Crippen LogP contribution is 2.42. The van der Waals surface area contributed by atoms with E-state index in [9.17, 15) is 0 Å². The SMILES string of the molecule is c1ccc(-c2c3c4ccccc4ccc3n3cc(-c4ccc(N(c5ccc(-c6cccc7ccccc67)cc5)c5ccc(-c6cccc7ccccc67)cc5)cc4)ccc23)cc1. The molecule has 2 heterocycles. The van der Waals surface area contributed by atoms with E-state index in [-0.39, 0.29) is 0 Å². The van der Waals surface area contributed by atoms with Crippen LogP contribution < -0.4 is 4.90 Å². The molecule has 0 saturated heterocycles. The van der Waals surface area contributed by atoms with Gasteiger partial charge in [-0.1, -0.05) is 188 Å². The lowest BCUT2D eigenvalue weighted by atomic mass is 9.97. The van der Waals surface area contributed by atoms with E-state index in [4.69, 9.17) is 0 Å². The minimum absolute atomic E-state index is 1.09. The van der Waals surface area contributed by atoms with Crippen molar-refractivity contribution < 1.29 is 0 Å². The van der Waals surface area contributed by atoms with Crippen molar-refractivity contribution in [3.8, 4) is 44.5 Å². The Balaban J connectivity index is 0.954. The number of aromatic nitrogens is 1. The molecule has 2 aromatic heterocycles. The molecule has 290 valence electrons. The van der Waals surface area contributed by atoms with Crippen molar-refractivity contribution in [2.45, 2.75) is 0 Å². The number of fused-ring (bicyclic) bond motifs is 7. The molecule has 12 aromatic rings. The summed E-state index contributed by atoms with van der Waals surface area (Å²) in [5.74, 6) is 0. The zero-order chi connectivity index (χ0) is 41.0. The molecule has 0 aliphatic carbocycles. The third-order valence-corrected chi connectivity index (χ3v) is 12.6. The normalized spacial score (nSPS) is 11.5. The number of nitrogens with zero attached hydrogens (tertiary/aromatic N) is 2. The Hall–Kier alpha value is -8.20. The molecule has 0 radical (unpaired) electrons. The van der Waals surface area contributed by atoms with Crippen LogP contribution in [0.5, 0.6) is 0 Å². The second kappa shape index (κ2) is 14.8. The van der Waals surface area contributed by atoms with Gasteiger partial charge < -0.3 is 9.30 Å². The molecule has 12 rings (SSSR count). The number of hydrogen-bond acceptors (Lipinski definition) is 1. The van der Waals surface area contributed by atoms with E-state index in [1.54, 1.807) is 0 Å². The molecular weight excluding hydrogens is 749 g/mol. The summed E-state index contributed by atoms with van der Waals surface area (Å²) in [5.41, 5.74) is 15.4. The van der Waals surface area contributed by atoms with Crippen molar-refractivity contribution in [3.63, 3.8) is 0 Å². The van der Waals surface area contributed by atoms with Gasteiger partial charge in [-0.2, -0.15) is 0 Å². The van der Waals surface area contributed by atoms with Crippen LogP contribution in [-0.2, 0) is 0 Å². The highest BCUT2D eigenvalue weighted by Gasteiger charge is 2.18. The quantitative estimate of drug-likeness (QED) is 0.156. The van der Waals surface area contributed by atoms with Gasteiger partial charge in [0.05, 0.1) is 11.0 Å². The van der Waals surface area contributed by atoms with Crippen LogP contribution in [-0.4, -0.2) is 4.40 Å². The van der Waals surface area contributed by atoms with Crippen molar-refractivity contribution in [2.75, 3.05) is 4.90 Å². The van der Waals surface area contributed by atoms with Crippen LogP contribution >= 0.6 is 0 Å². The van der Waals surface area contributed by atoms with E-state index < -0.39 is 0 Å². The molecule has 0 amide bonds. The lowest BCUT2D eigenvalue weighted by Gasteiger charge is -2.26. The fourth-order valence-corrected chi connectivity index (χ4v) is 9.61. The molecule has 0 bridgehead atoms. The molecule has 0 unspecified atom stereocenters. The topological polar surface area (TPSA) is 7.65 Å². The summed E-state index contributed by atoms with van der Waals surface area (Å²) in [7, 11) is 0. The fraction of sp³-hybridized carbons (Fsp3) is 0. The maximum Gasteiger partial charge on any atom is 0.0541 e. The highest BCUT2D eigenvalue weighted by molar-refractivity contribution is 6.18. The lowest BCUT2D eigenvalue weighted by Crippen LogP contribution is -2.09. The summed E-state index contributed by atoms with van der Waals surface area (Å²) < 4.78 is 2.38. The first kappa shape index (κ1) is 35.7. The first-order valence-corrected chi connectivity index (χ1v) is 21.3. The van der Waals surface area contributed by atoms with Crippen LogP contribution in [0.15, 0.2) is 243 Å². The van der Waals surface area contributed by atoms with Gasteiger partial charge in [0, 0.05) is 34.2 Å². The Morgan fingerprint density at radius 2 is 0.710 bits per heavy atom. The number of anilines is 3. The van der Waals surface area contributed by atoms with Crippen LogP contribution in [0, 0.1) is 0 Å². The third kappa shape index (κ3) is 6.04. The standard InChI is InChI=1S/C60H40N2/c1-2-15-47(16-3-1)59-57-39-31-48(40-61(57)58-38-30-44-14-6-9-21-56(44)60(58)59)41-24-32-49(33-25-41)62(50-34-26-45(27-35-50)54-22-10-17-42-12-4-7-19-52(42)54)51-36-28-46(29-37-51)55-23-11-18-43-13-5-8-20-53(43)55/h1-40H. The molecule has 0 aliphatic heterocycles. The molecule has 0 N–H and O–H groups in total. The van der Waals surface area contributed by atoms with Crippen molar-refractivity contribution in [1.82, 2.24) is 4.40 Å². The number of benzene rings is 10. The molecule has 10 aromatic carbocycles. The lowest BCUT2D eigenvalue weighted by molar-refractivity contribution is 1.25. The molecule has 0 atom stereocenters. The van der Waals surface area contributed by atoms with E-state index in [1.807, 2.05) is 0 Å². The van der Waals surface area contributed by atoms with Gasteiger partial charge in [0.15, 0.2) is 0 Å². The van der Waals surface area contributed by atoms with Crippen LogP contribution in [0.3, 0.4) is 0 Å². The van der Waals surface area contributed by atoms with E-state index in [0.29, 0.717) is 0 Å². The van der Waals surface area contributed by atoms with Gasteiger partial charge in [0.1, 0.15) is 0 Å². The van der Waals surface area contributed by atoms with Crippen LogP contribution in [0.1, 0.15) is 0 Å². The maximum atomic E-state index is 2.38. The Bertz CT molecular complexity index is 3470. The van der Waals surface area contributed by atoms with Gasteiger partial charge in [-0.05, 0) is 120 Å². The maximum absolute atomic E-state index is 2.38. The van der Waals surface area contributed by atoms with E-state index in [0.717, 1.165) is 22.6 Å². The zero-order valence-corrected chi connectivity index (χ0v) is 34.0. The second-order valence-electron chi connectivity index (χ2n) is 16.1. The molecule has 0 saturated carbocycles. The molecule has 2 nitrogen and oxygen atoms in total. The predicted molar refractivity (Wildman–Crippen MR) is 264 cm³/mol. The molecule has 62 heavy (non-hydrogen) atoms. The number of rotatable bonds is 7. The van der Waals surface area contributed by atoms with E-state index >= 15 is 0 Å². The Morgan fingerprint density at radius 1 is 0.274 bits per heavy atom. The highest BCUT2D eigenvalue weighted by atomic mass is 15.1. The van der Waals surface area contributed by atoms with Crippen molar-refractivity contribution in [2.24, 2.45) is 0 Å². The molecule has 0 fully saturated rings. The molecule has 0 aliphatic rings. The van der Waals surface area contributed by atoms with E-state index in [1.165, 1.54) is 87.7 Å². The summed E-state index contributed by atoms with van der Waals surface area (Å²) in [6.45, 7) is 0. The van der Waals surface area contributed by atoms with Crippen LogP contribution in [0.2, 0.25) is 0 Å². The monoisotopic (exact) mass is 788 g/mol. The van der Waals surface area contributed by atoms with Gasteiger partial charge in [0.25, 0.3) is 0 Å². The molecule has 0 spiro atoms. The average molecular weight is 789 g/mol. The van der Waals surface area contributed by atoms with Crippen molar-refractivity contribution >= 4 is 65.8 Å². The van der Waals surface area contributed by atoms with Gasteiger partial charge in [-0.15, -0.1) is 0 Å². The van der Waals surface area contributed by atoms with Gasteiger partial charge in [-0.3, -0.25) is 0 Å². The third-order valence-electron chi connectivity index (χ3n) is 12.6. The minimum atomic E-state index is 1.09. The van der Waals surface area contributed by atoms with Crippen molar-refractivity contribution in [3.05, 3.63) is 243 Å². The largest absolute Gasteiger partial charge is 0.315 e. The summed E-state index contributed by atoms with van der Waals surface area (Å²) in [4.78, 5) is 2.36. The summed E-state index contributed by atoms with van der Waals surface area (Å²) >= 11 is 0. The smallest absolute Gasteiger partial charge is 0.0541 e. The first-order chi connectivity index (χ1) is 30.7. The average Bonchev–Trinajstić information content (AvgIpc) is 3.69. The second-order valence-corrected chi connectivity index (χ2v) is 16.1. The Kier molecular flexibility index (Phi) is 8.53. The number of hydrogen-bond donors (Lipinski definition) is 0.